The molecule has 3 rings (SSSR count). The summed E-state index contributed by atoms with van der Waals surface area (Å²) in [5, 5.41) is 17.2. The fourth-order valence-corrected chi connectivity index (χ4v) is 2.85. The van der Waals surface area contributed by atoms with Crippen LogP contribution in [0.1, 0.15) is 16.1 Å². The normalized spacial score (nSPS) is 13.4. The summed E-state index contributed by atoms with van der Waals surface area (Å²) in [6.45, 7) is 0.901. The number of nitrogen functional groups attached to an aromatic ring is 1. The van der Waals surface area contributed by atoms with E-state index in [1.54, 1.807) is 11.3 Å². The van der Waals surface area contributed by atoms with E-state index in [1.807, 2.05) is 6.07 Å². The fraction of sp³-hybridized carbons (Fsp3) is 0.273. The highest BCUT2D eigenvalue weighted by Crippen LogP contribution is 2.27. The number of aromatic nitrogens is 2. The summed E-state index contributed by atoms with van der Waals surface area (Å²) in [5.41, 5.74) is 7.75. The Bertz CT molecular complexity index is 555. The number of anilines is 1. The monoisotopic (exact) mass is 247 g/mol. The molecule has 4 N–H and O–H groups in total. The van der Waals surface area contributed by atoms with Gasteiger partial charge in [0.15, 0.2) is 0 Å². The lowest BCUT2D eigenvalue weighted by atomic mass is 10.1. The SMILES string of the molecule is N=C(N)n1nc(Cc2cccs2)c2c1NCC2. The molecule has 0 fully saturated rings. The minimum Gasteiger partial charge on any atom is -0.369 e. The molecule has 6 heteroatoms. The van der Waals surface area contributed by atoms with Crippen molar-refractivity contribution >= 4 is 23.1 Å². The first-order chi connectivity index (χ1) is 8.25. The van der Waals surface area contributed by atoms with Crippen LogP contribution in [0, 0.1) is 5.41 Å². The summed E-state index contributed by atoms with van der Waals surface area (Å²) in [6, 6.07) is 4.15. The maximum Gasteiger partial charge on any atom is 0.215 e. The minimum absolute atomic E-state index is 0.0342. The van der Waals surface area contributed by atoms with Gasteiger partial charge in [0.2, 0.25) is 5.96 Å². The molecule has 0 aliphatic carbocycles. The maximum absolute atomic E-state index is 7.51. The Balaban J connectivity index is 2.00. The lowest BCUT2D eigenvalue weighted by Gasteiger charge is -2.02. The molecule has 0 radical (unpaired) electrons. The second-order valence-electron chi connectivity index (χ2n) is 4.00. The van der Waals surface area contributed by atoms with Gasteiger partial charge in [0, 0.05) is 23.4 Å². The van der Waals surface area contributed by atoms with Crippen molar-refractivity contribution in [2.75, 3.05) is 11.9 Å². The molecule has 88 valence electrons. The Morgan fingerprint density at radius 3 is 3.24 bits per heavy atom. The highest BCUT2D eigenvalue weighted by molar-refractivity contribution is 7.09. The van der Waals surface area contributed by atoms with Crippen molar-refractivity contribution in [3.63, 3.8) is 0 Å². The van der Waals surface area contributed by atoms with Gasteiger partial charge in [-0.1, -0.05) is 6.07 Å². The van der Waals surface area contributed by atoms with Gasteiger partial charge in [-0.3, -0.25) is 5.41 Å². The van der Waals surface area contributed by atoms with Crippen LogP contribution in [-0.2, 0) is 12.8 Å². The molecule has 0 unspecified atom stereocenters. The Kier molecular flexibility index (Phi) is 2.36. The van der Waals surface area contributed by atoms with E-state index in [4.69, 9.17) is 11.1 Å². The van der Waals surface area contributed by atoms with Gasteiger partial charge in [-0.15, -0.1) is 11.3 Å². The topological polar surface area (TPSA) is 79.7 Å². The smallest absolute Gasteiger partial charge is 0.215 e. The van der Waals surface area contributed by atoms with Crippen molar-refractivity contribution < 1.29 is 0 Å². The van der Waals surface area contributed by atoms with Gasteiger partial charge >= 0.3 is 0 Å². The van der Waals surface area contributed by atoms with E-state index in [-0.39, 0.29) is 5.96 Å². The first-order valence-corrected chi connectivity index (χ1v) is 6.35. The molecule has 2 aromatic rings. The predicted octanol–water partition coefficient (Wildman–Crippen LogP) is 1.24. The van der Waals surface area contributed by atoms with Crippen molar-refractivity contribution in [3.8, 4) is 0 Å². The molecular formula is C11H13N5S. The zero-order valence-corrected chi connectivity index (χ0v) is 10.0. The number of nitrogens with zero attached hydrogens (tertiary/aromatic N) is 2. The van der Waals surface area contributed by atoms with Gasteiger partial charge in [-0.05, 0) is 17.9 Å². The van der Waals surface area contributed by atoms with Crippen molar-refractivity contribution in [2.24, 2.45) is 5.73 Å². The third-order valence-corrected chi connectivity index (χ3v) is 3.76. The fourth-order valence-electron chi connectivity index (χ4n) is 2.14. The highest BCUT2D eigenvalue weighted by Gasteiger charge is 2.23. The number of nitrogens with one attached hydrogen (secondary N) is 2. The van der Waals surface area contributed by atoms with Gasteiger partial charge < -0.3 is 11.1 Å². The Hall–Kier alpha value is -1.82. The van der Waals surface area contributed by atoms with Gasteiger partial charge in [-0.2, -0.15) is 9.78 Å². The van der Waals surface area contributed by atoms with Crippen molar-refractivity contribution in [1.82, 2.24) is 9.78 Å². The van der Waals surface area contributed by atoms with E-state index >= 15 is 0 Å². The highest BCUT2D eigenvalue weighted by atomic mass is 32.1. The first-order valence-electron chi connectivity index (χ1n) is 5.47. The molecule has 2 aromatic heterocycles. The number of hydrogen-bond acceptors (Lipinski definition) is 4. The molecule has 0 saturated carbocycles. The summed E-state index contributed by atoms with van der Waals surface area (Å²) < 4.78 is 1.49. The molecule has 0 atom stereocenters. The van der Waals surface area contributed by atoms with Gasteiger partial charge in [-0.25, -0.2) is 0 Å². The van der Waals surface area contributed by atoms with Crippen molar-refractivity contribution in [3.05, 3.63) is 33.6 Å². The first kappa shape index (κ1) is 10.3. The summed E-state index contributed by atoms with van der Waals surface area (Å²) in [5.74, 6) is 0.858. The Labute approximate surface area is 103 Å². The summed E-state index contributed by atoms with van der Waals surface area (Å²) >= 11 is 1.73. The molecule has 1 aliphatic rings. The van der Waals surface area contributed by atoms with Crippen LogP contribution in [0.4, 0.5) is 5.82 Å². The zero-order chi connectivity index (χ0) is 11.8. The van der Waals surface area contributed by atoms with E-state index in [0.717, 1.165) is 30.9 Å². The number of hydrogen-bond donors (Lipinski definition) is 3. The molecule has 0 spiro atoms. The number of fused-ring (bicyclic) bond motifs is 1. The molecule has 0 amide bonds. The molecule has 0 saturated heterocycles. The number of thiophene rings is 1. The van der Waals surface area contributed by atoms with E-state index in [2.05, 4.69) is 21.9 Å². The van der Waals surface area contributed by atoms with Crippen LogP contribution < -0.4 is 11.1 Å². The molecule has 3 heterocycles. The van der Waals surface area contributed by atoms with E-state index in [9.17, 15) is 0 Å². The summed E-state index contributed by atoms with van der Waals surface area (Å²) in [7, 11) is 0. The number of rotatable bonds is 2. The van der Waals surface area contributed by atoms with Crippen LogP contribution in [0.25, 0.3) is 0 Å². The molecular weight excluding hydrogens is 234 g/mol. The van der Waals surface area contributed by atoms with E-state index in [0.29, 0.717) is 0 Å². The van der Waals surface area contributed by atoms with Crippen LogP contribution in [0.2, 0.25) is 0 Å². The van der Waals surface area contributed by atoms with Crippen LogP contribution in [0.3, 0.4) is 0 Å². The standard InChI is InChI=1S/C11H13N5S/c12-11(13)16-10-8(3-4-14-10)9(15-16)6-7-2-1-5-17-7/h1-2,5,14H,3-4,6H2,(H3,12,13). The summed E-state index contributed by atoms with van der Waals surface area (Å²) in [6.07, 6.45) is 1.78. The van der Waals surface area contributed by atoms with E-state index in [1.165, 1.54) is 15.1 Å². The average Bonchev–Trinajstić information content (AvgIpc) is 2.96. The molecule has 1 aliphatic heterocycles. The van der Waals surface area contributed by atoms with E-state index < -0.39 is 0 Å². The maximum atomic E-state index is 7.51. The second-order valence-corrected chi connectivity index (χ2v) is 5.04. The van der Waals surface area contributed by atoms with Crippen LogP contribution in [0.15, 0.2) is 17.5 Å². The third kappa shape index (κ3) is 1.70. The molecule has 17 heavy (non-hydrogen) atoms. The quantitative estimate of drug-likeness (QED) is 0.552. The summed E-state index contributed by atoms with van der Waals surface area (Å²) in [4.78, 5) is 1.29. The lowest BCUT2D eigenvalue weighted by molar-refractivity contribution is 0.865. The molecule has 5 nitrogen and oxygen atoms in total. The van der Waals surface area contributed by atoms with Crippen LogP contribution in [0.5, 0.6) is 0 Å². The third-order valence-electron chi connectivity index (χ3n) is 2.88. The number of nitrogens with two attached hydrogens (primary N) is 1. The van der Waals surface area contributed by atoms with Crippen LogP contribution in [-0.4, -0.2) is 22.3 Å². The second kappa shape index (κ2) is 3.89. The minimum atomic E-state index is -0.0342. The lowest BCUT2D eigenvalue weighted by Crippen LogP contribution is -2.23. The van der Waals surface area contributed by atoms with Gasteiger partial charge in [0.25, 0.3) is 0 Å². The van der Waals surface area contributed by atoms with Crippen molar-refractivity contribution in [2.45, 2.75) is 12.8 Å². The van der Waals surface area contributed by atoms with Crippen LogP contribution >= 0.6 is 11.3 Å². The Morgan fingerprint density at radius 2 is 2.53 bits per heavy atom. The van der Waals surface area contributed by atoms with Crippen molar-refractivity contribution in [1.29, 1.82) is 5.41 Å². The zero-order valence-electron chi connectivity index (χ0n) is 9.23. The average molecular weight is 247 g/mol. The predicted molar refractivity (Wildman–Crippen MR) is 68.9 cm³/mol. The largest absolute Gasteiger partial charge is 0.369 e. The van der Waals surface area contributed by atoms with Gasteiger partial charge in [0.1, 0.15) is 5.82 Å². The van der Waals surface area contributed by atoms with Gasteiger partial charge in [0.05, 0.1) is 5.69 Å². The Morgan fingerprint density at radius 1 is 1.65 bits per heavy atom. The molecule has 0 bridgehead atoms. The molecule has 0 aromatic carbocycles.